The fourth-order valence-corrected chi connectivity index (χ4v) is 2.62. The van der Waals surface area contributed by atoms with E-state index in [2.05, 4.69) is 11.4 Å². The standard InChI is InChI=1S/C11H12ClNO/c12-8-1-2-9-10(5-8)13-6-11(9)3-4-14-7-11/h1-2,5,13H,3-4,6-7H2. The number of nitrogens with one attached hydrogen (secondary N) is 1. The molecule has 3 heteroatoms. The number of rotatable bonds is 0. The number of hydrogen-bond acceptors (Lipinski definition) is 2. The molecule has 14 heavy (non-hydrogen) atoms. The van der Waals surface area contributed by atoms with Crippen LogP contribution < -0.4 is 5.32 Å². The normalized spacial score (nSPS) is 29.2. The maximum atomic E-state index is 5.95. The number of hydrogen-bond donors (Lipinski definition) is 1. The molecular weight excluding hydrogens is 198 g/mol. The van der Waals surface area contributed by atoms with Crippen LogP contribution in [-0.2, 0) is 10.2 Å². The van der Waals surface area contributed by atoms with E-state index in [4.69, 9.17) is 16.3 Å². The van der Waals surface area contributed by atoms with Crippen LogP contribution in [0.2, 0.25) is 5.02 Å². The first-order chi connectivity index (χ1) is 6.80. The molecule has 3 rings (SSSR count). The predicted octanol–water partition coefficient (Wildman–Crippen LogP) is 2.42. The van der Waals surface area contributed by atoms with Crippen molar-refractivity contribution in [2.24, 2.45) is 0 Å². The quantitative estimate of drug-likeness (QED) is 0.709. The van der Waals surface area contributed by atoms with Gasteiger partial charge in [-0.05, 0) is 24.1 Å². The van der Waals surface area contributed by atoms with Gasteiger partial charge in [0.2, 0.25) is 0 Å². The summed E-state index contributed by atoms with van der Waals surface area (Å²) in [5.41, 5.74) is 2.78. The molecule has 1 fully saturated rings. The first-order valence-corrected chi connectivity index (χ1v) is 5.30. The molecule has 2 nitrogen and oxygen atoms in total. The fraction of sp³-hybridized carbons (Fsp3) is 0.455. The Balaban J connectivity index is 2.09. The SMILES string of the molecule is Clc1ccc2c(c1)NCC21CCOC1. The second kappa shape index (κ2) is 2.88. The van der Waals surface area contributed by atoms with Gasteiger partial charge in [-0.2, -0.15) is 0 Å². The van der Waals surface area contributed by atoms with Gasteiger partial charge in [-0.15, -0.1) is 0 Å². The van der Waals surface area contributed by atoms with Crippen molar-refractivity contribution in [3.63, 3.8) is 0 Å². The average Bonchev–Trinajstić information content (AvgIpc) is 2.77. The Morgan fingerprint density at radius 1 is 1.43 bits per heavy atom. The van der Waals surface area contributed by atoms with Gasteiger partial charge in [-0.25, -0.2) is 0 Å². The van der Waals surface area contributed by atoms with E-state index in [0.29, 0.717) is 0 Å². The molecule has 1 unspecified atom stereocenters. The third-order valence-electron chi connectivity index (χ3n) is 3.27. The van der Waals surface area contributed by atoms with E-state index in [0.717, 1.165) is 31.2 Å². The van der Waals surface area contributed by atoms with Crippen LogP contribution in [0.15, 0.2) is 18.2 Å². The van der Waals surface area contributed by atoms with Gasteiger partial charge < -0.3 is 10.1 Å². The molecule has 1 N–H and O–H groups in total. The lowest BCUT2D eigenvalue weighted by atomic mass is 9.82. The van der Waals surface area contributed by atoms with Crippen LogP contribution in [0.1, 0.15) is 12.0 Å². The molecule has 1 saturated heterocycles. The van der Waals surface area contributed by atoms with Crippen LogP contribution in [0.5, 0.6) is 0 Å². The Morgan fingerprint density at radius 3 is 3.14 bits per heavy atom. The predicted molar refractivity (Wildman–Crippen MR) is 57.1 cm³/mol. The number of halogens is 1. The minimum atomic E-state index is 0.222. The first-order valence-electron chi connectivity index (χ1n) is 4.92. The van der Waals surface area contributed by atoms with Crippen molar-refractivity contribution >= 4 is 17.3 Å². The first kappa shape index (κ1) is 8.57. The third-order valence-corrected chi connectivity index (χ3v) is 3.51. The summed E-state index contributed by atoms with van der Waals surface area (Å²) in [5, 5.41) is 4.21. The van der Waals surface area contributed by atoms with Crippen molar-refractivity contribution < 1.29 is 4.74 Å². The fourth-order valence-electron chi connectivity index (χ4n) is 2.44. The van der Waals surface area contributed by atoms with Crippen molar-refractivity contribution in [3.8, 4) is 0 Å². The Morgan fingerprint density at radius 2 is 2.36 bits per heavy atom. The summed E-state index contributed by atoms with van der Waals surface area (Å²) in [4.78, 5) is 0. The van der Waals surface area contributed by atoms with Crippen molar-refractivity contribution in [1.82, 2.24) is 0 Å². The van der Waals surface area contributed by atoms with E-state index in [1.165, 1.54) is 11.3 Å². The molecule has 0 saturated carbocycles. The molecule has 1 spiro atoms. The monoisotopic (exact) mass is 209 g/mol. The lowest BCUT2D eigenvalue weighted by Crippen LogP contribution is -2.28. The molecule has 2 aliphatic heterocycles. The van der Waals surface area contributed by atoms with Crippen LogP contribution in [0.25, 0.3) is 0 Å². The van der Waals surface area contributed by atoms with Gasteiger partial charge in [-0.1, -0.05) is 17.7 Å². The summed E-state index contributed by atoms with van der Waals surface area (Å²) in [6, 6.07) is 6.10. The highest BCUT2D eigenvalue weighted by atomic mass is 35.5. The van der Waals surface area contributed by atoms with E-state index in [1.54, 1.807) is 0 Å². The minimum Gasteiger partial charge on any atom is -0.384 e. The number of ether oxygens (including phenoxy) is 1. The lowest BCUT2D eigenvalue weighted by Gasteiger charge is -2.20. The highest BCUT2D eigenvalue weighted by molar-refractivity contribution is 6.30. The second-order valence-electron chi connectivity index (χ2n) is 4.13. The zero-order chi connectivity index (χ0) is 9.60. The molecule has 0 radical (unpaired) electrons. The average molecular weight is 210 g/mol. The molecule has 2 heterocycles. The van der Waals surface area contributed by atoms with E-state index in [1.807, 2.05) is 12.1 Å². The maximum absolute atomic E-state index is 5.95. The number of fused-ring (bicyclic) bond motifs is 2. The van der Waals surface area contributed by atoms with Gasteiger partial charge in [0.15, 0.2) is 0 Å². The van der Waals surface area contributed by atoms with Crippen LogP contribution >= 0.6 is 11.6 Å². The van der Waals surface area contributed by atoms with Crippen LogP contribution in [0.3, 0.4) is 0 Å². The van der Waals surface area contributed by atoms with Crippen molar-refractivity contribution in [1.29, 1.82) is 0 Å². The Bertz CT molecular complexity index is 372. The molecule has 0 aliphatic carbocycles. The van der Waals surface area contributed by atoms with Crippen molar-refractivity contribution in [3.05, 3.63) is 28.8 Å². The largest absolute Gasteiger partial charge is 0.384 e. The summed E-state index contributed by atoms with van der Waals surface area (Å²) in [6.45, 7) is 2.71. The smallest absolute Gasteiger partial charge is 0.0581 e. The van der Waals surface area contributed by atoms with Crippen molar-refractivity contribution in [2.75, 3.05) is 25.1 Å². The molecule has 1 aromatic carbocycles. The van der Waals surface area contributed by atoms with Crippen LogP contribution in [0.4, 0.5) is 5.69 Å². The van der Waals surface area contributed by atoms with Crippen LogP contribution in [0, 0.1) is 0 Å². The van der Waals surface area contributed by atoms with Crippen LogP contribution in [-0.4, -0.2) is 19.8 Å². The molecule has 0 amide bonds. The number of anilines is 1. The molecule has 0 aromatic heterocycles. The second-order valence-corrected chi connectivity index (χ2v) is 4.56. The highest BCUT2D eigenvalue weighted by Crippen LogP contribution is 2.43. The van der Waals surface area contributed by atoms with Gasteiger partial charge in [0.05, 0.1) is 6.61 Å². The van der Waals surface area contributed by atoms with Gasteiger partial charge in [-0.3, -0.25) is 0 Å². The molecule has 74 valence electrons. The maximum Gasteiger partial charge on any atom is 0.0581 e. The third kappa shape index (κ3) is 1.07. The molecule has 2 aliphatic rings. The summed E-state index contributed by atoms with van der Waals surface area (Å²) >= 11 is 5.95. The van der Waals surface area contributed by atoms with Crippen molar-refractivity contribution in [2.45, 2.75) is 11.8 Å². The van der Waals surface area contributed by atoms with E-state index in [9.17, 15) is 0 Å². The topological polar surface area (TPSA) is 21.3 Å². The number of benzene rings is 1. The summed E-state index contributed by atoms with van der Waals surface area (Å²) in [7, 11) is 0. The zero-order valence-corrected chi connectivity index (χ0v) is 8.60. The Labute approximate surface area is 88.2 Å². The lowest BCUT2D eigenvalue weighted by molar-refractivity contribution is 0.181. The van der Waals surface area contributed by atoms with Gasteiger partial charge in [0.1, 0.15) is 0 Å². The molecule has 1 aromatic rings. The van der Waals surface area contributed by atoms with E-state index < -0.39 is 0 Å². The summed E-state index contributed by atoms with van der Waals surface area (Å²) < 4.78 is 5.50. The Hall–Kier alpha value is -0.730. The molecule has 1 atom stereocenters. The van der Waals surface area contributed by atoms with Gasteiger partial charge in [0, 0.05) is 29.3 Å². The summed E-state index contributed by atoms with van der Waals surface area (Å²) in [6.07, 6.45) is 1.12. The minimum absolute atomic E-state index is 0.222. The summed E-state index contributed by atoms with van der Waals surface area (Å²) in [5.74, 6) is 0. The zero-order valence-electron chi connectivity index (χ0n) is 7.85. The Kier molecular flexibility index (Phi) is 1.76. The highest BCUT2D eigenvalue weighted by Gasteiger charge is 2.42. The molecule has 0 bridgehead atoms. The van der Waals surface area contributed by atoms with E-state index in [-0.39, 0.29) is 5.41 Å². The van der Waals surface area contributed by atoms with Gasteiger partial charge in [0.25, 0.3) is 0 Å². The molecular formula is C11H12ClNO. The van der Waals surface area contributed by atoms with E-state index >= 15 is 0 Å². The van der Waals surface area contributed by atoms with Gasteiger partial charge >= 0.3 is 0 Å².